The molecule has 0 unspecified atom stereocenters. The summed E-state index contributed by atoms with van der Waals surface area (Å²) in [5.74, 6) is -0.642. The smallest absolute Gasteiger partial charge is 0.305 e. The van der Waals surface area contributed by atoms with Crippen molar-refractivity contribution in [1.29, 1.82) is 0 Å². The van der Waals surface area contributed by atoms with Gasteiger partial charge in [0.1, 0.15) is 18.3 Å². The Bertz CT molecular complexity index is 1050. The van der Waals surface area contributed by atoms with Gasteiger partial charge < -0.3 is 23.7 Å². The maximum Gasteiger partial charge on any atom is 0.305 e. The normalized spacial score (nSPS) is 23.8. The lowest BCUT2D eigenvalue weighted by atomic mass is 9.99. The van der Waals surface area contributed by atoms with Crippen LogP contribution in [0.1, 0.15) is 23.6 Å². The van der Waals surface area contributed by atoms with Crippen molar-refractivity contribution in [2.45, 2.75) is 57.5 Å². The topological polar surface area (TPSA) is 63.2 Å². The standard InChI is InChI=1S/C29H31FO6/c1-21(31)35-29-26(30)28(34-19-24-15-9-4-10-16-24)27(33-18-23-13-7-3-8-14-23)25(36-29)20-32-17-22-11-5-2-6-12-22/h2-16,25-29H,17-20H2,1H3/t25-,26-,27+,28-,29-/m1/s1. The van der Waals surface area contributed by atoms with Crippen molar-refractivity contribution in [3.8, 4) is 0 Å². The third kappa shape index (κ3) is 7.45. The van der Waals surface area contributed by atoms with E-state index in [0.717, 1.165) is 16.7 Å². The van der Waals surface area contributed by atoms with Gasteiger partial charge in [0, 0.05) is 6.92 Å². The predicted molar refractivity (Wildman–Crippen MR) is 131 cm³/mol. The number of alkyl halides is 1. The third-order valence-electron chi connectivity index (χ3n) is 5.82. The molecule has 3 aromatic rings. The first kappa shape index (κ1) is 26.0. The highest BCUT2D eigenvalue weighted by Gasteiger charge is 2.49. The van der Waals surface area contributed by atoms with Gasteiger partial charge in [-0.3, -0.25) is 4.79 Å². The molecule has 1 fully saturated rings. The molecule has 1 saturated heterocycles. The average Bonchev–Trinajstić information content (AvgIpc) is 2.90. The summed E-state index contributed by atoms with van der Waals surface area (Å²) in [5.41, 5.74) is 2.81. The minimum absolute atomic E-state index is 0.101. The summed E-state index contributed by atoms with van der Waals surface area (Å²) in [7, 11) is 0. The molecule has 0 aliphatic carbocycles. The van der Waals surface area contributed by atoms with E-state index in [1.165, 1.54) is 6.92 Å². The van der Waals surface area contributed by atoms with Gasteiger partial charge in [-0.25, -0.2) is 4.39 Å². The van der Waals surface area contributed by atoms with Crippen molar-refractivity contribution in [3.63, 3.8) is 0 Å². The summed E-state index contributed by atoms with van der Waals surface area (Å²) in [6.45, 7) is 2.07. The number of halogens is 1. The largest absolute Gasteiger partial charge is 0.433 e. The lowest BCUT2D eigenvalue weighted by Crippen LogP contribution is -2.59. The third-order valence-corrected chi connectivity index (χ3v) is 5.82. The number of carbonyl (C=O) groups excluding carboxylic acids is 1. The van der Waals surface area contributed by atoms with Crippen molar-refractivity contribution >= 4 is 5.97 Å². The van der Waals surface area contributed by atoms with Crippen molar-refractivity contribution in [2.24, 2.45) is 0 Å². The first-order chi connectivity index (χ1) is 17.6. The van der Waals surface area contributed by atoms with E-state index < -0.39 is 36.7 Å². The van der Waals surface area contributed by atoms with E-state index in [9.17, 15) is 4.79 Å². The molecular formula is C29H31FO6. The molecular weight excluding hydrogens is 463 g/mol. The Hall–Kier alpha value is -3.10. The maximum atomic E-state index is 15.7. The fraction of sp³-hybridized carbons (Fsp3) is 0.345. The molecule has 5 atom stereocenters. The van der Waals surface area contributed by atoms with Crippen LogP contribution in [0.5, 0.6) is 0 Å². The van der Waals surface area contributed by atoms with E-state index in [-0.39, 0.29) is 19.8 Å². The number of ether oxygens (including phenoxy) is 5. The quantitative estimate of drug-likeness (QED) is 0.350. The molecule has 3 aromatic carbocycles. The van der Waals surface area contributed by atoms with E-state index in [1.807, 2.05) is 91.0 Å². The fourth-order valence-corrected chi connectivity index (χ4v) is 4.05. The molecule has 0 radical (unpaired) electrons. The lowest BCUT2D eigenvalue weighted by Gasteiger charge is -2.42. The van der Waals surface area contributed by atoms with Crippen LogP contribution in [0.4, 0.5) is 4.39 Å². The van der Waals surface area contributed by atoms with Gasteiger partial charge in [-0.05, 0) is 16.7 Å². The van der Waals surface area contributed by atoms with E-state index in [1.54, 1.807) is 0 Å². The van der Waals surface area contributed by atoms with Gasteiger partial charge in [0.25, 0.3) is 0 Å². The van der Waals surface area contributed by atoms with Gasteiger partial charge in [-0.15, -0.1) is 0 Å². The van der Waals surface area contributed by atoms with Gasteiger partial charge in [-0.2, -0.15) is 0 Å². The molecule has 0 N–H and O–H groups in total. The molecule has 0 saturated carbocycles. The zero-order chi connectivity index (χ0) is 25.2. The summed E-state index contributed by atoms with van der Waals surface area (Å²) in [4.78, 5) is 11.7. The van der Waals surface area contributed by atoms with E-state index in [4.69, 9.17) is 23.7 Å². The molecule has 0 spiro atoms. The van der Waals surface area contributed by atoms with Crippen LogP contribution in [0, 0.1) is 0 Å². The number of hydrogen-bond donors (Lipinski definition) is 0. The Labute approximate surface area is 210 Å². The first-order valence-electron chi connectivity index (χ1n) is 12.0. The van der Waals surface area contributed by atoms with Gasteiger partial charge in [0.15, 0.2) is 6.17 Å². The molecule has 0 aromatic heterocycles. The van der Waals surface area contributed by atoms with Crippen LogP contribution < -0.4 is 0 Å². The number of rotatable bonds is 11. The van der Waals surface area contributed by atoms with Crippen LogP contribution in [0.25, 0.3) is 0 Å². The van der Waals surface area contributed by atoms with Crippen LogP contribution in [0.15, 0.2) is 91.0 Å². The van der Waals surface area contributed by atoms with E-state index >= 15 is 4.39 Å². The van der Waals surface area contributed by atoms with Crippen molar-refractivity contribution in [1.82, 2.24) is 0 Å². The Kier molecular flexibility index (Phi) is 9.58. The van der Waals surface area contributed by atoms with Crippen LogP contribution >= 0.6 is 0 Å². The highest BCUT2D eigenvalue weighted by molar-refractivity contribution is 5.66. The number of esters is 1. The monoisotopic (exact) mass is 494 g/mol. The molecule has 1 heterocycles. The van der Waals surface area contributed by atoms with Gasteiger partial charge in [0.05, 0.1) is 26.4 Å². The summed E-state index contributed by atoms with van der Waals surface area (Å²) in [6, 6.07) is 28.8. The van der Waals surface area contributed by atoms with Crippen molar-refractivity contribution < 1.29 is 32.9 Å². The molecule has 0 amide bonds. The Balaban J connectivity index is 1.52. The summed E-state index contributed by atoms with van der Waals surface area (Å²) in [6.07, 6.45) is -5.74. The lowest BCUT2D eigenvalue weighted by molar-refractivity contribution is -0.297. The summed E-state index contributed by atoms with van der Waals surface area (Å²) in [5, 5.41) is 0. The molecule has 36 heavy (non-hydrogen) atoms. The highest BCUT2D eigenvalue weighted by Crippen LogP contribution is 2.31. The average molecular weight is 495 g/mol. The van der Waals surface area contributed by atoms with Crippen molar-refractivity contribution in [2.75, 3.05) is 6.61 Å². The molecule has 4 rings (SSSR count). The Morgan fingerprint density at radius 3 is 1.72 bits per heavy atom. The van der Waals surface area contributed by atoms with Gasteiger partial charge in [0.2, 0.25) is 6.29 Å². The minimum Gasteiger partial charge on any atom is -0.433 e. The van der Waals surface area contributed by atoms with Crippen LogP contribution in [-0.2, 0) is 48.3 Å². The second-order valence-electron chi connectivity index (χ2n) is 8.62. The molecule has 1 aliphatic heterocycles. The minimum atomic E-state index is -1.75. The Morgan fingerprint density at radius 1 is 0.750 bits per heavy atom. The fourth-order valence-electron chi connectivity index (χ4n) is 4.05. The molecule has 1 aliphatic rings. The summed E-state index contributed by atoms with van der Waals surface area (Å²) >= 11 is 0. The number of hydrogen-bond acceptors (Lipinski definition) is 6. The van der Waals surface area contributed by atoms with E-state index in [2.05, 4.69) is 0 Å². The van der Waals surface area contributed by atoms with Crippen LogP contribution in [-0.4, -0.2) is 43.3 Å². The maximum absolute atomic E-state index is 15.7. The zero-order valence-corrected chi connectivity index (χ0v) is 20.2. The second kappa shape index (κ2) is 13.3. The SMILES string of the molecule is CC(=O)O[C@@H]1O[C@H](COCc2ccccc2)[C@H](OCc2ccccc2)[C@H](OCc2ccccc2)[C@H]1F. The molecule has 6 nitrogen and oxygen atoms in total. The van der Waals surface area contributed by atoms with E-state index in [0.29, 0.717) is 6.61 Å². The van der Waals surface area contributed by atoms with Crippen LogP contribution in [0.2, 0.25) is 0 Å². The molecule has 190 valence electrons. The number of benzene rings is 3. The second-order valence-corrected chi connectivity index (χ2v) is 8.62. The molecule has 7 heteroatoms. The summed E-state index contributed by atoms with van der Waals surface area (Å²) < 4.78 is 44.9. The number of carbonyl (C=O) groups is 1. The first-order valence-corrected chi connectivity index (χ1v) is 12.0. The van der Waals surface area contributed by atoms with Crippen molar-refractivity contribution in [3.05, 3.63) is 108 Å². The molecule has 0 bridgehead atoms. The highest BCUT2D eigenvalue weighted by atomic mass is 19.1. The predicted octanol–water partition coefficient (Wildman–Crippen LogP) is 5.00. The van der Waals surface area contributed by atoms with Gasteiger partial charge in [-0.1, -0.05) is 91.0 Å². The van der Waals surface area contributed by atoms with Crippen LogP contribution in [0.3, 0.4) is 0 Å². The zero-order valence-electron chi connectivity index (χ0n) is 20.2. The Morgan fingerprint density at radius 2 is 1.22 bits per heavy atom. The van der Waals surface area contributed by atoms with Gasteiger partial charge >= 0.3 is 5.97 Å².